The second kappa shape index (κ2) is 4.88. The predicted octanol–water partition coefficient (Wildman–Crippen LogP) is 1.35. The molecule has 6 heteroatoms. The topological polar surface area (TPSA) is 66.9 Å². The molecule has 1 atom stereocenters. The minimum atomic E-state index is -0.0635. The first-order chi connectivity index (χ1) is 7.66. The van der Waals surface area contributed by atoms with Gasteiger partial charge in [-0.3, -0.25) is 10.1 Å². The van der Waals surface area contributed by atoms with E-state index in [4.69, 9.17) is 0 Å². The van der Waals surface area contributed by atoms with Gasteiger partial charge in [0.2, 0.25) is 11.0 Å². The fourth-order valence-electron chi connectivity index (χ4n) is 1.62. The molecular formula is C10H16N4OS. The Kier molecular flexibility index (Phi) is 3.50. The van der Waals surface area contributed by atoms with Crippen LogP contribution in [0.15, 0.2) is 0 Å². The summed E-state index contributed by atoms with van der Waals surface area (Å²) in [6, 6.07) is -0.0635. The Hall–Kier alpha value is -1.01. The number of rotatable bonds is 3. The summed E-state index contributed by atoms with van der Waals surface area (Å²) < 4.78 is 0. The molecule has 0 bridgehead atoms. The van der Waals surface area contributed by atoms with Crippen LogP contribution in [0.25, 0.3) is 0 Å². The van der Waals surface area contributed by atoms with E-state index in [1.54, 1.807) is 0 Å². The van der Waals surface area contributed by atoms with Crippen LogP contribution in [0.1, 0.15) is 37.6 Å². The first kappa shape index (κ1) is 11.5. The summed E-state index contributed by atoms with van der Waals surface area (Å²) >= 11 is 1.45. The molecule has 1 aromatic rings. The van der Waals surface area contributed by atoms with Crippen molar-refractivity contribution in [2.45, 2.75) is 38.6 Å². The van der Waals surface area contributed by atoms with Crippen molar-refractivity contribution in [2.75, 3.05) is 11.9 Å². The van der Waals surface area contributed by atoms with Gasteiger partial charge in [0.1, 0.15) is 5.01 Å². The van der Waals surface area contributed by atoms with Gasteiger partial charge in [-0.1, -0.05) is 25.2 Å². The van der Waals surface area contributed by atoms with E-state index in [0.29, 0.717) is 11.0 Å². The van der Waals surface area contributed by atoms with Crippen LogP contribution in [0, 0.1) is 0 Å². The summed E-state index contributed by atoms with van der Waals surface area (Å²) in [7, 11) is 0. The van der Waals surface area contributed by atoms with E-state index >= 15 is 0 Å². The molecule has 1 aromatic heterocycles. The van der Waals surface area contributed by atoms with Crippen LogP contribution in [0.3, 0.4) is 0 Å². The third-order valence-electron chi connectivity index (χ3n) is 2.54. The van der Waals surface area contributed by atoms with Crippen molar-refractivity contribution in [1.29, 1.82) is 0 Å². The van der Waals surface area contributed by atoms with E-state index in [1.807, 2.05) is 0 Å². The number of nitrogens with one attached hydrogen (secondary N) is 2. The average molecular weight is 240 g/mol. The summed E-state index contributed by atoms with van der Waals surface area (Å²) in [5, 5.41) is 15.5. The molecule has 2 heterocycles. The molecule has 1 saturated heterocycles. The van der Waals surface area contributed by atoms with Gasteiger partial charge in [-0.25, -0.2) is 0 Å². The highest BCUT2D eigenvalue weighted by Gasteiger charge is 2.23. The number of hydrogen-bond donors (Lipinski definition) is 2. The number of anilines is 1. The highest BCUT2D eigenvalue weighted by atomic mass is 32.1. The van der Waals surface area contributed by atoms with Gasteiger partial charge >= 0.3 is 0 Å². The van der Waals surface area contributed by atoms with E-state index in [0.717, 1.165) is 24.4 Å². The maximum absolute atomic E-state index is 11.8. The highest BCUT2D eigenvalue weighted by molar-refractivity contribution is 7.15. The monoisotopic (exact) mass is 240 g/mol. The molecule has 1 fully saturated rings. The summed E-state index contributed by atoms with van der Waals surface area (Å²) in [5.74, 6) is 0.358. The van der Waals surface area contributed by atoms with Gasteiger partial charge < -0.3 is 5.32 Å². The first-order valence-electron chi connectivity index (χ1n) is 5.54. The number of carbonyl (C=O) groups excluding carboxylic acids is 1. The van der Waals surface area contributed by atoms with Crippen LogP contribution in [0.2, 0.25) is 0 Å². The Morgan fingerprint density at radius 1 is 1.56 bits per heavy atom. The van der Waals surface area contributed by atoms with Gasteiger partial charge in [-0.2, -0.15) is 0 Å². The maximum Gasteiger partial charge on any atom is 0.243 e. The first-order valence-corrected chi connectivity index (χ1v) is 6.36. The molecule has 1 aliphatic rings. The Balaban J connectivity index is 1.95. The van der Waals surface area contributed by atoms with Crippen molar-refractivity contribution >= 4 is 22.4 Å². The molecule has 16 heavy (non-hydrogen) atoms. The van der Waals surface area contributed by atoms with E-state index < -0.39 is 0 Å². The highest BCUT2D eigenvalue weighted by Crippen LogP contribution is 2.22. The zero-order valence-corrected chi connectivity index (χ0v) is 10.3. The van der Waals surface area contributed by atoms with Gasteiger partial charge in [-0.15, -0.1) is 10.2 Å². The Morgan fingerprint density at radius 3 is 2.94 bits per heavy atom. The Labute approximate surface area is 98.7 Å². The SMILES string of the molecule is CC(C)c1nnc(NC(=O)[C@H]2CCCN2)s1. The van der Waals surface area contributed by atoms with Gasteiger partial charge in [0.25, 0.3) is 0 Å². The van der Waals surface area contributed by atoms with Crippen LogP contribution >= 0.6 is 11.3 Å². The maximum atomic E-state index is 11.8. The number of nitrogens with zero attached hydrogens (tertiary/aromatic N) is 2. The Morgan fingerprint density at radius 2 is 2.38 bits per heavy atom. The lowest BCUT2D eigenvalue weighted by Gasteiger charge is -2.07. The van der Waals surface area contributed by atoms with Crippen LogP contribution in [0.5, 0.6) is 0 Å². The third kappa shape index (κ3) is 2.56. The number of carbonyl (C=O) groups is 1. The van der Waals surface area contributed by atoms with Gasteiger partial charge in [-0.05, 0) is 19.4 Å². The largest absolute Gasteiger partial charge is 0.306 e. The van der Waals surface area contributed by atoms with Crippen LogP contribution in [0.4, 0.5) is 5.13 Å². The zero-order chi connectivity index (χ0) is 11.5. The molecule has 0 saturated carbocycles. The molecule has 0 unspecified atom stereocenters. The molecule has 5 nitrogen and oxygen atoms in total. The normalized spacial score (nSPS) is 20.3. The Bertz CT molecular complexity index is 371. The number of hydrogen-bond acceptors (Lipinski definition) is 5. The van der Waals surface area contributed by atoms with Crippen LogP contribution in [-0.2, 0) is 4.79 Å². The molecule has 2 rings (SSSR count). The van der Waals surface area contributed by atoms with Crippen molar-refractivity contribution in [3.8, 4) is 0 Å². The third-order valence-corrected chi connectivity index (χ3v) is 3.68. The standard InChI is InChI=1S/C10H16N4OS/c1-6(2)9-13-14-10(16-9)12-8(15)7-4-3-5-11-7/h6-7,11H,3-5H2,1-2H3,(H,12,14,15)/t7-/m1/s1. The second-order valence-corrected chi connectivity index (χ2v) is 5.25. The van der Waals surface area contributed by atoms with Crippen LogP contribution in [-0.4, -0.2) is 28.7 Å². The summed E-state index contributed by atoms with van der Waals surface area (Å²) in [6.45, 7) is 5.04. The lowest BCUT2D eigenvalue weighted by molar-refractivity contribution is -0.117. The summed E-state index contributed by atoms with van der Waals surface area (Å²) in [5.41, 5.74) is 0. The smallest absolute Gasteiger partial charge is 0.243 e. The molecule has 0 aliphatic carbocycles. The fraction of sp³-hybridized carbons (Fsp3) is 0.700. The molecule has 1 amide bonds. The van der Waals surface area contributed by atoms with Crippen molar-refractivity contribution in [3.05, 3.63) is 5.01 Å². The molecular weight excluding hydrogens is 224 g/mol. The van der Waals surface area contributed by atoms with Crippen molar-refractivity contribution in [2.24, 2.45) is 0 Å². The summed E-state index contributed by atoms with van der Waals surface area (Å²) in [4.78, 5) is 11.8. The van der Waals surface area contributed by atoms with E-state index in [2.05, 4.69) is 34.7 Å². The van der Waals surface area contributed by atoms with Crippen molar-refractivity contribution in [3.63, 3.8) is 0 Å². The quantitative estimate of drug-likeness (QED) is 0.837. The molecule has 1 aliphatic heterocycles. The predicted molar refractivity (Wildman–Crippen MR) is 63.7 cm³/mol. The van der Waals surface area contributed by atoms with E-state index in [1.165, 1.54) is 11.3 Å². The minimum absolute atomic E-state index is 0.00366. The number of aromatic nitrogens is 2. The van der Waals surface area contributed by atoms with Crippen LogP contribution < -0.4 is 10.6 Å². The lowest BCUT2D eigenvalue weighted by atomic mass is 10.2. The molecule has 88 valence electrons. The average Bonchev–Trinajstić information content (AvgIpc) is 2.87. The fourth-order valence-corrected chi connectivity index (χ4v) is 2.37. The van der Waals surface area contributed by atoms with Crippen molar-refractivity contribution in [1.82, 2.24) is 15.5 Å². The zero-order valence-electron chi connectivity index (χ0n) is 9.49. The molecule has 0 spiro atoms. The molecule has 0 radical (unpaired) electrons. The van der Waals surface area contributed by atoms with E-state index in [-0.39, 0.29) is 11.9 Å². The lowest BCUT2D eigenvalue weighted by Crippen LogP contribution is -2.35. The summed E-state index contributed by atoms with van der Waals surface area (Å²) in [6.07, 6.45) is 1.97. The van der Waals surface area contributed by atoms with Gasteiger partial charge in [0, 0.05) is 5.92 Å². The minimum Gasteiger partial charge on any atom is -0.306 e. The van der Waals surface area contributed by atoms with E-state index in [9.17, 15) is 4.79 Å². The molecule has 0 aromatic carbocycles. The second-order valence-electron chi connectivity index (χ2n) is 4.24. The number of amides is 1. The molecule has 2 N–H and O–H groups in total. The van der Waals surface area contributed by atoms with Gasteiger partial charge in [0.15, 0.2) is 0 Å². The van der Waals surface area contributed by atoms with Gasteiger partial charge in [0.05, 0.1) is 6.04 Å². The van der Waals surface area contributed by atoms with Crippen molar-refractivity contribution < 1.29 is 4.79 Å².